The lowest BCUT2D eigenvalue weighted by atomic mass is 9.95. The first-order valence-corrected chi connectivity index (χ1v) is 7.42. The van der Waals surface area contributed by atoms with Crippen molar-refractivity contribution in [3.05, 3.63) is 11.4 Å². The Morgan fingerprint density at radius 2 is 1.95 bits per heavy atom. The number of aromatic nitrogens is 2. The van der Waals surface area contributed by atoms with Crippen LogP contribution in [0.15, 0.2) is 0 Å². The normalized spacial score (nSPS) is 22.6. The van der Waals surface area contributed by atoms with Gasteiger partial charge in [0.25, 0.3) is 0 Å². The van der Waals surface area contributed by atoms with Crippen LogP contribution in [0.25, 0.3) is 0 Å². The van der Waals surface area contributed by atoms with Crippen LogP contribution in [0.2, 0.25) is 0 Å². The van der Waals surface area contributed by atoms with E-state index in [1.807, 2.05) is 13.8 Å². The lowest BCUT2D eigenvalue weighted by molar-refractivity contribution is 0.0192. The molecule has 1 saturated carbocycles. The molecule has 20 heavy (non-hydrogen) atoms. The van der Waals surface area contributed by atoms with Gasteiger partial charge in [-0.15, -0.1) is 0 Å². The average Bonchev–Trinajstić information content (AvgIpc) is 2.44. The molecular weight excluding hydrogens is 254 g/mol. The van der Waals surface area contributed by atoms with Gasteiger partial charge in [-0.05, 0) is 40.0 Å². The smallest absolute Gasteiger partial charge is 0.222 e. The zero-order valence-corrected chi connectivity index (χ0v) is 12.9. The van der Waals surface area contributed by atoms with Gasteiger partial charge in [0.1, 0.15) is 17.7 Å². The first-order valence-electron chi connectivity index (χ1n) is 7.42. The Morgan fingerprint density at radius 3 is 2.65 bits per heavy atom. The van der Waals surface area contributed by atoms with Crippen LogP contribution in [-0.4, -0.2) is 35.8 Å². The molecule has 0 amide bonds. The number of ether oxygens (including phenoxy) is 2. The minimum Gasteiger partial charge on any atom is -0.474 e. The van der Waals surface area contributed by atoms with Crippen LogP contribution < -0.4 is 10.1 Å². The Balaban J connectivity index is 2.12. The molecular formula is C15H25N3O2. The highest BCUT2D eigenvalue weighted by Gasteiger charge is 2.24. The summed E-state index contributed by atoms with van der Waals surface area (Å²) >= 11 is 0. The highest BCUT2D eigenvalue weighted by atomic mass is 16.5. The summed E-state index contributed by atoms with van der Waals surface area (Å²) < 4.78 is 11.6. The van der Waals surface area contributed by atoms with Gasteiger partial charge < -0.3 is 14.8 Å². The predicted molar refractivity (Wildman–Crippen MR) is 79.4 cm³/mol. The maximum atomic E-state index is 6.11. The standard InChI is InChI=1S/C15H25N3O2/c1-5-16-14-10(2)15(18-11(3)17-14)20-13-8-6-7-12(9-13)19-4/h12-13H,5-9H2,1-4H3,(H,16,17,18). The molecule has 0 aliphatic heterocycles. The summed E-state index contributed by atoms with van der Waals surface area (Å²) in [5.74, 6) is 2.31. The van der Waals surface area contributed by atoms with Gasteiger partial charge >= 0.3 is 0 Å². The largest absolute Gasteiger partial charge is 0.474 e. The van der Waals surface area contributed by atoms with E-state index in [0.717, 1.165) is 49.4 Å². The summed E-state index contributed by atoms with van der Waals surface area (Å²) in [6.07, 6.45) is 4.78. The number of nitrogens with zero attached hydrogens (tertiary/aromatic N) is 2. The molecule has 0 spiro atoms. The molecule has 1 aromatic rings. The summed E-state index contributed by atoms with van der Waals surface area (Å²) in [6.45, 7) is 6.79. The first-order chi connectivity index (χ1) is 9.63. The molecule has 2 unspecified atom stereocenters. The number of methoxy groups -OCH3 is 1. The van der Waals surface area contributed by atoms with Gasteiger partial charge in [0, 0.05) is 20.1 Å². The fourth-order valence-electron chi connectivity index (χ4n) is 2.64. The third-order valence-electron chi connectivity index (χ3n) is 3.75. The topological polar surface area (TPSA) is 56.3 Å². The lowest BCUT2D eigenvalue weighted by Crippen LogP contribution is -2.30. The fourth-order valence-corrected chi connectivity index (χ4v) is 2.64. The van der Waals surface area contributed by atoms with E-state index in [-0.39, 0.29) is 6.10 Å². The summed E-state index contributed by atoms with van der Waals surface area (Å²) in [4.78, 5) is 8.87. The Bertz CT molecular complexity index is 451. The summed E-state index contributed by atoms with van der Waals surface area (Å²) in [5.41, 5.74) is 0.983. The molecule has 5 heteroatoms. The molecule has 2 atom stereocenters. The molecule has 0 radical (unpaired) electrons. The molecule has 1 heterocycles. The third-order valence-corrected chi connectivity index (χ3v) is 3.75. The van der Waals surface area contributed by atoms with Crippen molar-refractivity contribution in [1.29, 1.82) is 0 Å². The third kappa shape index (κ3) is 3.60. The van der Waals surface area contributed by atoms with Gasteiger partial charge in [-0.2, -0.15) is 4.98 Å². The molecule has 0 aromatic carbocycles. The van der Waals surface area contributed by atoms with E-state index in [0.29, 0.717) is 12.0 Å². The van der Waals surface area contributed by atoms with E-state index < -0.39 is 0 Å². The average molecular weight is 279 g/mol. The van der Waals surface area contributed by atoms with Crippen LogP contribution in [0.4, 0.5) is 5.82 Å². The molecule has 1 fully saturated rings. The summed E-state index contributed by atoms with van der Waals surface area (Å²) in [7, 11) is 1.77. The molecule has 1 N–H and O–H groups in total. The van der Waals surface area contributed by atoms with Gasteiger partial charge in [0.2, 0.25) is 5.88 Å². The van der Waals surface area contributed by atoms with Crippen molar-refractivity contribution in [2.75, 3.05) is 19.0 Å². The minimum absolute atomic E-state index is 0.191. The first kappa shape index (κ1) is 15.0. The second-order valence-corrected chi connectivity index (χ2v) is 5.34. The van der Waals surface area contributed by atoms with E-state index in [9.17, 15) is 0 Å². The van der Waals surface area contributed by atoms with Gasteiger partial charge in [-0.25, -0.2) is 4.98 Å². The number of rotatable bonds is 5. The Morgan fingerprint density at radius 1 is 1.20 bits per heavy atom. The second kappa shape index (κ2) is 6.88. The molecule has 0 saturated heterocycles. The molecule has 1 aliphatic rings. The van der Waals surface area contributed by atoms with E-state index >= 15 is 0 Å². The molecule has 1 aromatic heterocycles. The zero-order valence-electron chi connectivity index (χ0n) is 12.9. The summed E-state index contributed by atoms with van der Waals surface area (Å²) in [6, 6.07) is 0. The highest BCUT2D eigenvalue weighted by molar-refractivity contribution is 5.48. The van der Waals surface area contributed by atoms with Crippen molar-refractivity contribution < 1.29 is 9.47 Å². The number of aryl methyl sites for hydroxylation is 1. The zero-order chi connectivity index (χ0) is 14.5. The van der Waals surface area contributed by atoms with Crippen LogP contribution in [0, 0.1) is 13.8 Å². The van der Waals surface area contributed by atoms with Crippen molar-refractivity contribution in [2.24, 2.45) is 0 Å². The Labute approximate surface area is 121 Å². The number of anilines is 1. The number of hydrogen-bond acceptors (Lipinski definition) is 5. The predicted octanol–water partition coefficient (Wildman–Crippen LogP) is 2.86. The Hall–Kier alpha value is -1.36. The van der Waals surface area contributed by atoms with Crippen molar-refractivity contribution in [3.8, 4) is 5.88 Å². The van der Waals surface area contributed by atoms with Crippen LogP contribution in [0.5, 0.6) is 5.88 Å². The Kier molecular flexibility index (Phi) is 5.17. The van der Waals surface area contributed by atoms with Gasteiger partial charge in [0.05, 0.1) is 11.7 Å². The number of nitrogens with one attached hydrogen (secondary N) is 1. The monoisotopic (exact) mass is 279 g/mol. The lowest BCUT2D eigenvalue weighted by Gasteiger charge is -2.28. The summed E-state index contributed by atoms with van der Waals surface area (Å²) in [5, 5.41) is 3.26. The maximum Gasteiger partial charge on any atom is 0.222 e. The van der Waals surface area contributed by atoms with Gasteiger partial charge in [-0.1, -0.05) is 0 Å². The fraction of sp³-hybridized carbons (Fsp3) is 0.733. The van der Waals surface area contributed by atoms with Crippen molar-refractivity contribution in [2.45, 2.75) is 58.7 Å². The SMILES string of the molecule is CCNc1nc(C)nc(OC2CCCC(OC)C2)c1C. The van der Waals surface area contributed by atoms with E-state index in [2.05, 4.69) is 22.2 Å². The molecule has 2 rings (SSSR count). The minimum atomic E-state index is 0.191. The van der Waals surface area contributed by atoms with Crippen LogP contribution in [0.1, 0.15) is 44.0 Å². The van der Waals surface area contributed by atoms with Gasteiger partial charge in [-0.3, -0.25) is 0 Å². The van der Waals surface area contributed by atoms with E-state index in [4.69, 9.17) is 9.47 Å². The van der Waals surface area contributed by atoms with E-state index in [1.54, 1.807) is 7.11 Å². The maximum absolute atomic E-state index is 6.11. The van der Waals surface area contributed by atoms with Crippen LogP contribution in [0.3, 0.4) is 0 Å². The van der Waals surface area contributed by atoms with Gasteiger partial charge in [0.15, 0.2) is 0 Å². The van der Waals surface area contributed by atoms with Crippen LogP contribution in [-0.2, 0) is 4.74 Å². The highest BCUT2D eigenvalue weighted by Crippen LogP contribution is 2.28. The molecule has 1 aliphatic carbocycles. The van der Waals surface area contributed by atoms with Crippen molar-refractivity contribution >= 4 is 5.82 Å². The second-order valence-electron chi connectivity index (χ2n) is 5.34. The molecule has 0 bridgehead atoms. The quantitative estimate of drug-likeness (QED) is 0.898. The molecule has 112 valence electrons. The van der Waals surface area contributed by atoms with Crippen LogP contribution >= 0.6 is 0 Å². The van der Waals surface area contributed by atoms with Crippen molar-refractivity contribution in [1.82, 2.24) is 9.97 Å². The van der Waals surface area contributed by atoms with E-state index in [1.165, 1.54) is 0 Å². The van der Waals surface area contributed by atoms with Crippen molar-refractivity contribution in [3.63, 3.8) is 0 Å². The molecule has 5 nitrogen and oxygen atoms in total. The number of hydrogen-bond donors (Lipinski definition) is 1.